The molecule has 0 bridgehead atoms. The van der Waals surface area contributed by atoms with Crippen molar-refractivity contribution in [2.75, 3.05) is 11.5 Å². The number of carbonyl (C=O) groups is 3. The molecule has 1 aliphatic heterocycles. The Morgan fingerprint density at radius 2 is 1.74 bits per heavy atom. The second-order valence-electron chi connectivity index (χ2n) is 7.45. The average Bonchev–Trinajstić information content (AvgIpc) is 2.83. The molecule has 4 amide bonds. The van der Waals surface area contributed by atoms with Crippen LogP contribution in [0.4, 0.5) is 14.9 Å². The van der Waals surface area contributed by atoms with Gasteiger partial charge in [-0.3, -0.25) is 14.9 Å². The second-order valence-corrected chi connectivity index (χ2v) is 7.86. The molecule has 3 aromatic rings. The van der Waals surface area contributed by atoms with Gasteiger partial charge in [0.1, 0.15) is 29.5 Å². The first-order valence-electron chi connectivity index (χ1n) is 10.7. The highest BCUT2D eigenvalue weighted by Gasteiger charge is 2.36. The number of halogens is 2. The van der Waals surface area contributed by atoms with Gasteiger partial charge in [0, 0.05) is 5.56 Å². The van der Waals surface area contributed by atoms with E-state index in [1.165, 1.54) is 18.2 Å². The number of nitrogens with one attached hydrogen (secondary N) is 1. The second kappa shape index (κ2) is 10.4. The summed E-state index contributed by atoms with van der Waals surface area (Å²) in [7, 11) is 0. The van der Waals surface area contributed by atoms with Crippen LogP contribution in [0.1, 0.15) is 18.1 Å². The Labute approximate surface area is 205 Å². The lowest BCUT2D eigenvalue weighted by molar-refractivity contribution is -0.122. The Kier molecular flexibility index (Phi) is 7.12. The zero-order chi connectivity index (χ0) is 24.9. The number of barbiturate groups is 1. The molecule has 35 heavy (non-hydrogen) atoms. The van der Waals surface area contributed by atoms with Crippen LogP contribution in [-0.2, 0) is 16.2 Å². The highest BCUT2D eigenvalue weighted by Crippen LogP contribution is 2.29. The number of amides is 4. The van der Waals surface area contributed by atoms with Gasteiger partial charge in [-0.25, -0.2) is 14.1 Å². The molecule has 0 aliphatic carbocycles. The Bertz CT molecular complexity index is 1320. The van der Waals surface area contributed by atoms with Crippen molar-refractivity contribution in [3.63, 3.8) is 0 Å². The number of hydrogen-bond acceptors (Lipinski definition) is 5. The van der Waals surface area contributed by atoms with Gasteiger partial charge in [-0.2, -0.15) is 0 Å². The van der Waals surface area contributed by atoms with E-state index < -0.39 is 23.7 Å². The van der Waals surface area contributed by atoms with Gasteiger partial charge in [-0.15, -0.1) is 0 Å². The molecule has 0 aromatic heterocycles. The van der Waals surface area contributed by atoms with Crippen LogP contribution in [0.5, 0.6) is 11.5 Å². The summed E-state index contributed by atoms with van der Waals surface area (Å²) in [5, 5.41) is 2.38. The molecule has 1 saturated heterocycles. The molecule has 0 radical (unpaired) electrons. The maximum absolute atomic E-state index is 13.8. The SMILES string of the molecule is CCOc1ccc(N2C(=O)NC(=O)/C(=C\c3ccc(OCc4ccccc4F)c(Cl)c3)C2=O)cc1. The molecule has 1 heterocycles. The predicted molar refractivity (Wildman–Crippen MR) is 129 cm³/mol. The summed E-state index contributed by atoms with van der Waals surface area (Å²) in [4.78, 5) is 38.7. The number of benzene rings is 3. The first-order chi connectivity index (χ1) is 16.9. The number of ether oxygens (including phenoxy) is 2. The lowest BCUT2D eigenvalue weighted by Crippen LogP contribution is -2.54. The van der Waals surface area contributed by atoms with Crippen molar-refractivity contribution < 1.29 is 28.2 Å². The summed E-state index contributed by atoms with van der Waals surface area (Å²) in [6.45, 7) is 2.29. The van der Waals surface area contributed by atoms with Gasteiger partial charge in [-0.05, 0) is 61.0 Å². The molecule has 0 unspecified atom stereocenters. The molecule has 1 aliphatic rings. The third-order valence-electron chi connectivity index (χ3n) is 5.12. The highest BCUT2D eigenvalue weighted by atomic mass is 35.5. The molecule has 0 saturated carbocycles. The van der Waals surface area contributed by atoms with Gasteiger partial charge >= 0.3 is 6.03 Å². The van der Waals surface area contributed by atoms with Crippen LogP contribution in [0.2, 0.25) is 5.02 Å². The van der Waals surface area contributed by atoms with Gasteiger partial charge in [0.05, 0.1) is 17.3 Å². The van der Waals surface area contributed by atoms with Crippen LogP contribution in [-0.4, -0.2) is 24.5 Å². The van der Waals surface area contributed by atoms with Gasteiger partial charge in [0.2, 0.25) is 0 Å². The fraction of sp³-hybridized carbons (Fsp3) is 0.115. The van der Waals surface area contributed by atoms with Crippen LogP contribution in [0.15, 0.2) is 72.3 Å². The molecule has 9 heteroatoms. The maximum Gasteiger partial charge on any atom is 0.335 e. The Morgan fingerprint density at radius 1 is 1.00 bits per heavy atom. The smallest absolute Gasteiger partial charge is 0.335 e. The van der Waals surface area contributed by atoms with E-state index in [1.54, 1.807) is 54.6 Å². The maximum atomic E-state index is 13.8. The summed E-state index contributed by atoms with van der Waals surface area (Å²) in [6, 6.07) is 16.4. The summed E-state index contributed by atoms with van der Waals surface area (Å²) in [5.74, 6) is -1.10. The molecule has 1 fully saturated rings. The van der Waals surface area contributed by atoms with E-state index in [1.807, 2.05) is 6.92 Å². The molecular formula is C26H20ClFN2O5. The summed E-state index contributed by atoms with van der Waals surface area (Å²) >= 11 is 6.30. The van der Waals surface area contributed by atoms with E-state index in [2.05, 4.69) is 5.32 Å². The van der Waals surface area contributed by atoms with Crippen molar-refractivity contribution in [2.24, 2.45) is 0 Å². The third kappa shape index (κ3) is 5.33. The highest BCUT2D eigenvalue weighted by molar-refractivity contribution is 6.39. The van der Waals surface area contributed by atoms with E-state index in [4.69, 9.17) is 21.1 Å². The van der Waals surface area contributed by atoms with Crippen molar-refractivity contribution in [1.82, 2.24) is 5.32 Å². The molecule has 1 N–H and O–H groups in total. The summed E-state index contributed by atoms with van der Waals surface area (Å²) in [5.41, 5.74) is 0.852. The Morgan fingerprint density at radius 3 is 2.43 bits per heavy atom. The van der Waals surface area contributed by atoms with Gasteiger partial charge in [0.15, 0.2) is 0 Å². The van der Waals surface area contributed by atoms with E-state index in [-0.39, 0.29) is 22.9 Å². The van der Waals surface area contributed by atoms with E-state index in [0.29, 0.717) is 29.2 Å². The van der Waals surface area contributed by atoms with Gasteiger partial charge < -0.3 is 9.47 Å². The fourth-order valence-electron chi connectivity index (χ4n) is 3.41. The molecule has 3 aromatic carbocycles. The van der Waals surface area contributed by atoms with Crippen molar-refractivity contribution in [3.05, 3.63) is 94.3 Å². The predicted octanol–water partition coefficient (Wildman–Crippen LogP) is 5.12. The number of hydrogen-bond donors (Lipinski definition) is 1. The number of anilines is 1. The van der Waals surface area contributed by atoms with E-state index in [0.717, 1.165) is 4.90 Å². The lowest BCUT2D eigenvalue weighted by atomic mass is 10.1. The molecular weight excluding hydrogens is 475 g/mol. The van der Waals surface area contributed by atoms with Crippen LogP contribution in [0.3, 0.4) is 0 Å². The van der Waals surface area contributed by atoms with E-state index in [9.17, 15) is 18.8 Å². The Hall–Kier alpha value is -4.17. The van der Waals surface area contributed by atoms with Crippen molar-refractivity contribution >= 4 is 41.2 Å². The number of urea groups is 1. The molecule has 7 nitrogen and oxygen atoms in total. The fourth-order valence-corrected chi connectivity index (χ4v) is 3.66. The quantitative estimate of drug-likeness (QED) is 0.364. The molecule has 4 rings (SSSR count). The third-order valence-corrected chi connectivity index (χ3v) is 5.41. The summed E-state index contributed by atoms with van der Waals surface area (Å²) in [6.07, 6.45) is 1.33. The lowest BCUT2D eigenvalue weighted by Gasteiger charge is -2.26. The van der Waals surface area contributed by atoms with Crippen molar-refractivity contribution in [2.45, 2.75) is 13.5 Å². The van der Waals surface area contributed by atoms with Gasteiger partial charge in [0.25, 0.3) is 11.8 Å². The minimum atomic E-state index is -0.851. The average molecular weight is 495 g/mol. The van der Waals surface area contributed by atoms with Crippen LogP contribution in [0.25, 0.3) is 6.08 Å². The monoisotopic (exact) mass is 494 g/mol. The summed E-state index contributed by atoms with van der Waals surface area (Å²) < 4.78 is 24.8. The van der Waals surface area contributed by atoms with Crippen LogP contribution in [0, 0.1) is 5.82 Å². The first-order valence-corrected chi connectivity index (χ1v) is 11.0. The number of nitrogens with zero attached hydrogens (tertiary/aromatic N) is 1. The standard InChI is InChI=1S/C26H20ClFN2O5/c1-2-34-19-10-8-18(9-11-19)30-25(32)20(24(31)29-26(30)33)13-16-7-12-23(21(27)14-16)35-15-17-5-3-4-6-22(17)28/h3-14H,2,15H2,1H3,(H,29,31,33)/b20-13+. The van der Waals surface area contributed by atoms with Crippen molar-refractivity contribution in [1.29, 1.82) is 0 Å². The molecule has 0 atom stereocenters. The number of rotatable bonds is 7. The van der Waals surface area contributed by atoms with Crippen molar-refractivity contribution in [3.8, 4) is 11.5 Å². The largest absolute Gasteiger partial charge is 0.494 e. The van der Waals surface area contributed by atoms with Crippen LogP contribution >= 0.6 is 11.6 Å². The van der Waals surface area contributed by atoms with Gasteiger partial charge in [-0.1, -0.05) is 35.9 Å². The number of carbonyl (C=O) groups excluding carboxylic acids is 3. The zero-order valence-corrected chi connectivity index (χ0v) is 19.3. The van der Waals surface area contributed by atoms with E-state index >= 15 is 0 Å². The zero-order valence-electron chi connectivity index (χ0n) is 18.6. The molecule has 0 spiro atoms. The molecule has 178 valence electrons. The normalized spacial score (nSPS) is 14.8. The minimum absolute atomic E-state index is 0.0210. The minimum Gasteiger partial charge on any atom is -0.494 e. The Balaban J connectivity index is 1.55. The first kappa shape index (κ1) is 24.0. The number of imide groups is 2. The topological polar surface area (TPSA) is 84.9 Å². The van der Waals surface area contributed by atoms with Crippen LogP contribution < -0.4 is 19.7 Å².